The van der Waals surface area contributed by atoms with E-state index in [4.69, 9.17) is 14.2 Å². The van der Waals surface area contributed by atoms with E-state index in [1.165, 1.54) is 20.3 Å². The SMILES string of the molecule is COc1ccccc1CCNC(=O)C(C#N)=CC=Cc1cc(OC)c(O)c(OC)c1. The Morgan fingerprint density at radius 2 is 1.73 bits per heavy atom. The molecule has 0 fully saturated rings. The van der Waals surface area contributed by atoms with Gasteiger partial charge >= 0.3 is 0 Å². The molecule has 0 aliphatic carbocycles. The highest BCUT2D eigenvalue weighted by Crippen LogP contribution is 2.37. The summed E-state index contributed by atoms with van der Waals surface area (Å²) in [6.45, 7) is 0.369. The summed E-state index contributed by atoms with van der Waals surface area (Å²) in [5.74, 6) is 0.711. The van der Waals surface area contributed by atoms with E-state index < -0.39 is 5.91 Å². The number of methoxy groups -OCH3 is 3. The molecule has 0 bridgehead atoms. The largest absolute Gasteiger partial charge is 0.502 e. The lowest BCUT2D eigenvalue weighted by Gasteiger charge is -2.09. The molecule has 0 radical (unpaired) electrons. The van der Waals surface area contributed by atoms with E-state index in [0.717, 1.165) is 11.3 Å². The zero-order valence-electron chi connectivity index (χ0n) is 17.1. The van der Waals surface area contributed by atoms with Crippen LogP contribution in [0.15, 0.2) is 54.1 Å². The Morgan fingerprint density at radius 1 is 1.10 bits per heavy atom. The predicted octanol–water partition coefficient (Wildman–Crippen LogP) is 3.24. The molecule has 2 aromatic carbocycles. The summed E-state index contributed by atoms with van der Waals surface area (Å²) in [4.78, 5) is 12.3. The first-order valence-corrected chi connectivity index (χ1v) is 9.17. The van der Waals surface area contributed by atoms with Crippen molar-refractivity contribution in [2.24, 2.45) is 0 Å². The minimum atomic E-state index is -0.460. The second-order valence-electron chi connectivity index (χ2n) is 6.14. The number of amides is 1. The van der Waals surface area contributed by atoms with Gasteiger partial charge in [-0.3, -0.25) is 4.79 Å². The van der Waals surface area contributed by atoms with Crippen molar-refractivity contribution in [1.29, 1.82) is 5.26 Å². The first kappa shape index (κ1) is 22.4. The Labute approximate surface area is 175 Å². The van der Waals surface area contributed by atoms with E-state index in [0.29, 0.717) is 18.5 Å². The molecule has 0 spiro atoms. The van der Waals surface area contributed by atoms with Gasteiger partial charge in [0.05, 0.1) is 21.3 Å². The van der Waals surface area contributed by atoms with Crippen LogP contribution >= 0.6 is 0 Å². The average molecular weight is 408 g/mol. The molecule has 2 aromatic rings. The number of nitriles is 1. The molecular weight excluding hydrogens is 384 g/mol. The molecule has 2 N–H and O–H groups in total. The number of ether oxygens (including phenoxy) is 3. The molecule has 156 valence electrons. The van der Waals surface area contributed by atoms with Crippen LogP contribution in [0.4, 0.5) is 0 Å². The Kier molecular flexibility index (Phi) is 8.33. The van der Waals surface area contributed by atoms with Gasteiger partial charge in [-0.25, -0.2) is 0 Å². The maximum atomic E-state index is 12.3. The van der Waals surface area contributed by atoms with Gasteiger partial charge in [0.25, 0.3) is 5.91 Å². The number of phenolic OH excluding ortho intramolecular Hbond substituents is 1. The molecule has 1 amide bonds. The van der Waals surface area contributed by atoms with Crippen LogP contribution in [0, 0.1) is 11.3 Å². The number of phenols is 1. The number of nitrogens with zero attached hydrogens (tertiary/aromatic N) is 1. The monoisotopic (exact) mass is 408 g/mol. The summed E-state index contributed by atoms with van der Waals surface area (Å²) in [6, 6.07) is 12.7. The van der Waals surface area contributed by atoms with Crippen LogP contribution in [0.25, 0.3) is 6.08 Å². The fourth-order valence-corrected chi connectivity index (χ4v) is 2.74. The van der Waals surface area contributed by atoms with Gasteiger partial charge in [0.15, 0.2) is 11.5 Å². The summed E-state index contributed by atoms with van der Waals surface area (Å²) in [7, 11) is 4.47. The third kappa shape index (κ3) is 5.79. The second-order valence-corrected chi connectivity index (χ2v) is 6.14. The van der Waals surface area contributed by atoms with E-state index in [1.54, 1.807) is 31.4 Å². The molecule has 0 aliphatic rings. The summed E-state index contributed by atoms with van der Waals surface area (Å²) in [5.41, 5.74) is 1.62. The molecule has 30 heavy (non-hydrogen) atoms. The van der Waals surface area contributed by atoms with Gasteiger partial charge in [-0.15, -0.1) is 0 Å². The number of rotatable bonds is 9. The van der Waals surface area contributed by atoms with Gasteiger partial charge in [0, 0.05) is 6.54 Å². The lowest BCUT2D eigenvalue weighted by molar-refractivity contribution is -0.117. The molecule has 0 heterocycles. The normalized spacial score (nSPS) is 11.1. The highest BCUT2D eigenvalue weighted by atomic mass is 16.5. The van der Waals surface area contributed by atoms with Crippen LogP contribution in [-0.2, 0) is 11.2 Å². The zero-order valence-corrected chi connectivity index (χ0v) is 17.1. The van der Waals surface area contributed by atoms with Gasteiger partial charge in [0.1, 0.15) is 17.4 Å². The summed E-state index contributed by atoms with van der Waals surface area (Å²) >= 11 is 0. The molecule has 0 saturated heterocycles. The third-order valence-corrected chi connectivity index (χ3v) is 4.29. The van der Waals surface area contributed by atoms with E-state index >= 15 is 0 Å². The fraction of sp³-hybridized carbons (Fsp3) is 0.217. The Balaban J connectivity index is 2.03. The van der Waals surface area contributed by atoms with Crippen molar-refractivity contribution < 1.29 is 24.1 Å². The molecular formula is C23H24N2O5. The van der Waals surface area contributed by atoms with Crippen molar-refractivity contribution in [2.75, 3.05) is 27.9 Å². The fourth-order valence-electron chi connectivity index (χ4n) is 2.74. The molecule has 0 atom stereocenters. The zero-order chi connectivity index (χ0) is 21.9. The van der Waals surface area contributed by atoms with Crippen LogP contribution in [-0.4, -0.2) is 38.9 Å². The average Bonchev–Trinajstić information content (AvgIpc) is 2.77. The van der Waals surface area contributed by atoms with Gasteiger partial charge in [-0.2, -0.15) is 5.26 Å². The van der Waals surface area contributed by atoms with Crippen LogP contribution in [0.1, 0.15) is 11.1 Å². The summed E-state index contributed by atoms with van der Waals surface area (Å²) in [6.07, 6.45) is 5.25. The van der Waals surface area contributed by atoms with Crippen LogP contribution < -0.4 is 19.5 Å². The van der Waals surface area contributed by atoms with E-state index in [-0.39, 0.29) is 22.8 Å². The summed E-state index contributed by atoms with van der Waals surface area (Å²) < 4.78 is 15.5. The Hall–Kier alpha value is -3.92. The standard InChI is InChI=1S/C23H24N2O5/c1-28-19-10-5-4-8-17(19)11-12-25-23(27)18(15-24)9-6-7-16-13-20(29-2)22(26)21(14-16)30-3/h4-10,13-14,26H,11-12H2,1-3H3,(H,25,27). The second kappa shape index (κ2) is 11.2. The number of hydrogen-bond donors (Lipinski definition) is 2. The Bertz CT molecular complexity index is 964. The molecule has 0 aromatic heterocycles. The number of para-hydroxylation sites is 1. The lowest BCUT2D eigenvalue weighted by Crippen LogP contribution is -2.26. The van der Waals surface area contributed by atoms with Crippen LogP contribution in [0.3, 0.4) is 0 Å². The van der Waals surface area contributed by atoms with Crippen LogP contribution in [0.2, 0.25) is 0 Å². The first-order valence-electron chi connectivity index (χ1n) is 9.17. The molecule has 7 nitrogen and oxygen atoms in total. The molecule has 0 saturated carbocycles. The molecule has 2 rings (SSSR count). The maximum Gasteiger partial charge on any atom is 0.261 e. The van der Waals surface area contributed by atoms with Gasteiger partial charge in [-0.1, -0.05) is 30.4 Å². The minimum Gasteiger partial charge on any atom is -0.502 e. The van der Waals surface area contributed by atoms with E-state index in [9.17, 15) is 15.2 Å². The van der Waals surface area contributed by atoms with Gasteiger partial charge < -0.3 is 24.6 Å². The van der Waals surface area contributed by atoms with Gasteiger partial charge in [-0.05, 0) is 41.8 Å². The van der Waals surface area contributed by atoms with Crippen molar-refractivity contribution in [3.63, 3.8) is 0 Å². The molecule has 7 heteroatoms. The van der Waals surface area contributed by atoms with Crippen molar-refractivity contribution in [2.45, 2.75) is 6.42 Å². The first-order chi connectivity index (χ1) is 14.5. The topological polar surface area (TPSA) is 101 Å². The van der Waals surface area contributed by atoms with E-state index in [2.05, 4.69) is 5.32 Å². The maximum absolute atomic E-state index is 12.3. The van der Waals surface area contributed by atoms with Crippen molar-refractivity contribution >= 4 is 12.0 Å². The highest BCUT2D eigenvalue weighted by molar-refractivity contribution is 5.97. The number of benzene rings is 2. The van der Waals surface area contributed by atoms with Gasteiger partial charge in [0.2, 0.25) is 5.75 Å². The number of hydrogen-bond acceptors (Lipinski definition) is 6. The number of allylic oxidation sites excluding steroid dienone is 2. The number of carbonyl (C=O) groups is 1. The van der Waals surface area contributed by atoms with Crippen molar-refractivity contribution in [1.82, 2.24) is 5.32 Å². The number of aromatic hydroxyl groups is 1. The number of carbonyl (C=O) groups excluding carboxylic acids is 1. The highest BCUT2D eigenvalue weighted by Gasteiger charge is 2.10. The smallest absolute Gasteiger partial charge is 0.261 e. The number of nitrogens with one attached hydrogen (secondary N) is 1. The molecule has 0 aliphatic heterocycles. The third-order valence-electron chi connectivity index (χ3n) is 4.29. The Morgan fingerprint density at radius 3 is 2.33 bits per heavy atom. The molecule has 0 unspecified atom stereocenters. The van der Waals surface area contributed by atoms with Crippen molar-refractivity contribution in [3.8, 4) is 29.1 Å². The lowest BCUT2D eigenvalue weighted by atomic mass is 10.1. The van der Waals surface area contributed by atoms with Crippen molar-refractivity contribution in [3.05, 3.63) is 65.3 Å². The summed E-state index contributed by atoms with van der Waals surface area (Å²) in [5, 5.41) is 22.0. The quantitative estimate of drug-likeness (QED) is 0.375. The van der Waals surface area contributed by atoms with E-state index in [1.807, 2.05) is 30.3 Å². The minimum absolute atomic E-state index is 0.0241. The van der Waals surface area contributed by atoms with Crippen LogP contribution in [0.5, 0.6) is 23.0 Å². The predicted molar refractivity (Wildman–Crippen MR) is 114 cm³/mol.